The summed E-state index contributed by atoms with van der Waals surface area (Å²) in [4.78, 5) is 12.4. The fourth-order valence-corrected chi connectivity index (χ4v) is 2.83. The van der Waals surface area contributed by atoms with Crippen molar-refractivity contribution in [1.82, 2.24) is 25.5 Å². The van der Waals surface area contributed by atoms with E-state index in [0.29, 0.717) is 12.1 Å². The largest absolute Gasteiger partial charge is 0.346 e. The first-order valence-corrected chi connectivity index (χ1v) is 8.02. The van der Waals surface area contributed by atoms with Crippen LogP contribution in [0.3, 0.4) is 0 Å². The molecule has 0 saturated carbocycles. The number of aromatic nitrogens is 4. The second-order valence-electron chi connectivity index (χ2n) is 5.92. The number of rotatable bonds is 5. The van der Waals surface area contributed by atoms with Gasteiger partial charge >= 0.3 is 0 Å². The van der Waals surface area contributed by atoms with Crippen molar-refractivity contribution < 1.29 is 4.79 Å². The SMILES string of the molecule is C[C@@H](NC(=O)c1ccc(Cn2cnnn2)cc1)C1=CCCCC1. The highest BCUT2D eigenvalue weighted by Gasteiger charge is 2.15. The summed E-state index contributed by atoms with van der Waals surface area (Å²) in [5, 5.41) is 14.1. The van der Waals surface area contributed by atoms with Crippen molar-refractivity contribution in [3.05, 3.63) is 53.4 Å². The van der Waals surface area contributed by atoms with Gasteiger partial charge in [-0.1, -0.05) is 23.8 Å². The van der Waals surface area contributed by atoms with E-state index in [2.05, 4.69) is 33.8 Å². The molecular weight excluding hydrogens is 290 g/mol. The Kier molecular flexibility index (Phi) is 4.80. The lowest BCUT2D eigenvalue weighted by atomic mass is 9.94. The van der Waals surface area contributed by atoms with Crippen molar-refractivity contribution in [2.75, 3.05) is 0 Å². The maximum Gasteiger partial charge on any atom is 0.251 e. The van der Waals surface area contributed by atoms with E-state index >= 15 is 0 Å². The van der Waals surface area contributed by atoms with Crippen LogP contribution in [0.25, 0.3) is 0 Å². The first-order chi connectivity index (χ1) is 11.2. The Labute approximate surface area is 135 Å². The van der Waals surface area contributed by atoms with E-state index in [1.807, 2.05) is 24.3 Å². The van der Waals surface area contributed by atoms with Crippen LogP contribution in [0.2, 0.25) is 0 Å². The first-order valence-electron chi connectivity index (χ1n) is 8.02. The number of hydrogen-bond donors (Lipinski definition) is 1. The molecule has 0 spiro atoms. The second kappa shape index (κ2) is 7.17. The lowest BCUT2D eigenvalue weighted by molar-refractivity contribution is 0.0944. The van der Waals surface area contributed by atoms with Crippen LogP contribution in [-0.2, 0) is 6.54 Å². The van der Waals surface area contributed by atoms with E-state index in [-0.39, 0.29) is 11.9 Å². The van der Waals surface area contributed by atoms with E-state index in [1.165, 1.54) is 18.4 Å². The van der Waals surface area contributed by atoms with Crippen molar-refractivity contribution in [3.8, 4) is 0 Å². The first kappa shape index (κ1) is 15.4. The fraction of sp³-hybridized carbons (Fsp3) is 0.412. The minimum absolute atomic E-state index is 0.0297. The molecule has 6 heteroatoms. The maximum absolute atomic E-state index is 12.4. The summed E-state index contributed by atoms with van der Waals surface area (Å²) < 4.78 is 1.65. The molecule has 1 aliphatic rings. The third-order valence-corrected chi connectivity index (χ3v) is 4.18. The van der Waals surface area contributed by atoms with Crippen LogP contribution < -0.4 is 5.32 Å². The van der Waals surface area contributed by atoms with Crippen molar-refractivity contribution in [2.24, 2.45) is 0 Å². The van der Waals surface area contributed by atoms with Gasteiger partial charge in [-0.15, -0.1) is 5.10 Å². The number of benzene rings is 1. The zero-order valence-corrected chi connectivity index (χ0v) is 13.3. The third kappa shape index (κ3) is 4.03. The normalized spacial score (nSPS) is 15.8. The van der Waals surface area contributed by atoms with E-state index in [4.69, 9.17) is 0 Å². The summed E-state index contributed by atoms with van der Waals surface area (Å²) in [5.41, 5.74) is 3.07. The topological polar surface area (TPSA) is 72.7 Å². The van der Waals surface area contributed by atoms with Crippen LogP contribution in [-0.4, -0.2) is 32.2 Å². The molecule has 120 valence electrons. The van der Waals surface area contributed by atoms with Crippen LogP contribution in [0.1, 0.15) is 48.5 Å². The smallest absolute Gasteiger partial charge is 0.251 e. The average molecular weight is 311 g/mol. The van der Waals surface area contributed by atoms with Gasteiger partial charge in [0.15, 0.2) is 0 Å². The van der Waals surface area contributed by atoms with Gasteiger partial charge in [0.05, 0.1) is 6.54 Å². The number of hydrogen-bond acceptors (Lipinski definition) is 4. The number of nitrogens with one attached hydrogen (secondary N) is 1. The summed E-state index contributed by atoms with van der Waals surface area (Å²) in [6.45, 7) is 2.65. The summed E-state index contributed by atoms with van der Waals surface area (Å²) in [6, 6.07) is 7.65. The molecule has 1 aromatic carbocycles. The summed E-state index contributed by atoms with van der Waals surface area (Å²) in [5.74, 6) is -0.0297. The zero-order valence-electron chi connectivity index (χ0n) is 13.3. The number of allylic oxidation sites excluding steroid dienone is 1. The molecule has 0 radical (unpaired) electrons. The van der Waals surface area contributed by atoms with Gasteiger partial charge in [-0.2, -0.15) is 0 Å². The third-order valence-electron chi connectivity index (χ3n) is 4.18. The number of carbonyl (C=O) groups excluding carboxylic acids is 1. The highest BCUT2D eigenvalue weighted by atomic mass is 16.1. The monoisotopic (exact) mass is 311 g/mol. The minimum Gasteiger partial charge on any atom is -0.346 e. The Morgan fingerprint density at radius 2 is 2.13 bits per heavy atom. The number of tetrazole rings is 1. The lowest BCUT2D eigenvalue weighted by Gasteiger charge is -2.21. The molecular formula is C17H21N5O. The second-order valence-corrected chi connectivity index (χ2v) is 5.92. The standard InChI is InChI=1S/C17H21N5O/c1-13(15-5-3-2-4-6-15)19-17(23)16-9-7-14(8-10-16)11-22-12-18-20-21-22/h5,7-10,12-13H,2-4,6,11H2,1H3,(H,19,23)/t13-/m1/s1. The summed E-state index contributed by atoms with van der Waals surface area (Å²) in [7, 11) is 0. The molecule has 0 fully saturated rings. The Bertz CT molecular complexity index is 676. The quantitative estimate of drug-likeness (QED) is 0.860. The molecule has 1 amide bonds. The molecule has 1 atom stereocenters. The molecule has 0 unspecified atom stereocenters. The van der Waals surface area contributed by atoms with Crippen LogP contribution in [0, 0.1) is 0 Å². The zero-order chi connectivity index (χ0) is 16.1. The average Bonchev–Trinajstić information content (AvgIpc) is 3.09. The van der Waals surface area contributed by atoms with Gasteiger partial charge in [-0.25, -0.2) is 4.68 Å². The number of amides is 1. The Hall–Kier alpha value is -2.50. The number of nitrogens with zero attached hydrogens (tertiary/aromatic N) is 4. The molecule has 1 heterocycles. The van der Waals surface area contributed by atoms with Crippen molar-refractivity contribution >= 4 is 5.91 Å². The van der Waals surface area contributed by atoms with Crippen molar-refractivity contribution in [2.45, 2.75) is 45.2 Å². The lowest BCUT2D eigenvalue weighted by Crippen LogP contribution is -2.34. The summed E-state index contributed by atoms with van der Waals surface area (Å²) >= 11 is 0. The summed E-state index contributed by atoms with van der Waals surface area (Å²) in [6.07, 6.45) is 8.53. The Morgan fingerprint density at radius 3 is 2.78 bits per heavy atom. The van der Waals surface area contributed by atoms with Crippen molar-refractivity contribution in [3.63, 3.8) is 0 Å². The molecule has 6 nitrogen and oxygen atoms in total. The van der Waals surface area contributed by atoms with Crippen LogP contribution in [0.15, 0.2) is 42.2 Å². The van der Waals surface area contributed by atoms with E-state index in [0.717, 1.165) is 18.4 Å². The Balaban J connectivity index is 1.60. The van der Waals surface area contributed by atoms with Gasteiger partial charge in [0.1, 0.15) is 6.33 Å². The van der Waals surface area contributed by atoms with Gasteiger partial charge in [-0.05, 0) is 60.7 Å². The molecule has 0 saturated heterocycles. The van der Waals surface area contributed by atoms with E-state index < -0.39 is 0 Å². The molecule has 1 aliphatic carbocycles. The van der Waals surface area contributed by atoms with Gasteiger partial charge in [0.2, 0.25) is 0 Å². The van der Waals surface area contributed by atoms with Crippen LogP contribution >= 0.6 is 0 Å². The highest BCUT2D eigenvalue weighted by molar-refractivity contribution is 5.94. The molecule has 3 rings (SSSR count). The predicted molar refractivity (Wildman–Crippen MR) is 86.8 cm³/mol. The molecule has 2 aromatic rings. The predicted octanol–water partition coefficient (Wildman–Crippen LogP) is 2.34. The van der Waals surface area contributed by atoms with Gasteiger partial charge in [0.25, 0.3) is 5.91 Å². The molecule has 0 bridgehead atoms. The molecule has 1 N–H and O–H groups in total. The highest BCUT2D eigenvalue weighted by Crippen LogP contribution is 2.20. The van der Waals surface area contributed by atoms with E-state index in [9.17, 15) is 4.79 Å². The number of carbonyl (C=O) groups is 1. The fourth-order valence-electron chi connectivity index (χ4n) is 2.83. The van der Waals surface area contributed by atoms with Gasteiger partial charge in [-0.3, -0.25) is 4.79 Å². The van der Waals surface area contributed by atoms with E-state index in [1.54, 1.807) is 11.0 Å². The van der Waals surface area contributed by atoms with Crippen molar-refractivity contribution in [1.29, 1.82) is 0 Å². The molecule has 0 aliphatic heterocycles. The Morgan fingerprint density at radius 1 is 1.30 bits per heavy atom. The van der Waals surface area contributed by atoms with Crippen LogP contribution in [0.4, 0.5) is 0 Å². The molecule has 1 aromatic heterocycles. The van der Waals surface area contributed by atoms with Crippen LogP contribution in [0.5, 0.6) is 0 Å². The molecule has 23 heavy (non-hydrogen) atoms. The minimum atomic E-state index is -0.0297. The van der Waals surface area contributed by atoms with Gasteiger partial charge in [0, 0.05) is 11.6 Å². The van der Waals surface area contributed by atoms with Gasteiger partial charge < -0.3 is 5.32 Å². The maximum atomic E-state index is 12.4.